The van der Waals surface area contributed by atoms with Crippen LogP contribution in [0.25, 0.3) is 23.5 Å². The summed E-state index contributed by atoms with van der Waals surface area (Å²) in [7, 11) is 0. The maximum absolute atomic E-state index is 13.4. The lowest BCUT2D eigenvalue weighted by Gasteiger charge is -2.06. The molecule has 9 heteroatoms. The number of carbonyl (C=O) groups excluding carboxylic acids is 4. The number of fused-ring (bicyclic) bond motifs is 1. The first-order valence-electron chi connectivity index (χ1n) is 15.3. The summed E-state index contributed by atoms with van der Waals surface area (Å²) >= 11 is 0. The molecule has 244 valence electrons. The van der Waals surface area contributed by atoms with Gasteiger partial charge in [-0.05, 0) is 124 Å². The van der Waals surface area contributed by atoms with Crippen molar-refractivity contribution in [2.75, 3.05) is 0 Å². The van der Waals surface area contributed by atoms with Gasteiger partial charge >= 0.3 is 5.69 Å². The average Bonchev–Trinajstić information content (AvgIpc) is 3.32. The van der Waals surface area contributed by atoms with Crippen LogP contribution in [0, 0.1) is 0 Å². The van der Waals surface area contributed by atoms with Gasteiger partial charge in [-0.25, -0.2) is 9.59 Å². The maximum atomic E-state index is 13.4. The Morgan fingerprint density at radius 2 is 0.959 bits per heavy atom. The minimum atomic E-state index is -0.211. The third-order valence-electron chi connectivity index (χ3n) is 7.32. The number of aliphatic imine (C=N–C) groups is 1. The molecule has 6 rings (SSSR count). The second-order valence-corrected chi connectivity index (χ2v) is 10.8. The van der Waals surface area contributed by atoms with E-state index in [0.717, 1.165) is 17.8 Å². The van der Waals surface area contributed by atoms with Crippen molar-refractivity contribution in [2.45, 2.75) is 27.2 Å². The van der Waals surface area contributed by atoms with Crippen molar-refractivity contribution in [3.05, 3.63) is 170 Å². The van der Waals surface area contributed by atoms with Crippen molar-refractivity contribution < 1.29 is 19.2 Å². The maximum Gasteiger partial charge on any atom is 0.338 e. The van der Waals surface area contributed by atoms with Crippen molar-refractivity contribution in [2.24, 2.45) is 4.99 Å². The van der Waals surface area contributed by atoms with Crippen LogP contribution in [0.15, 0.2) is 136 Å². The number of aromatic nitrogens is 2. The number of hydrogen-bond acceptors (Lipinski definition) is 7. The van der Waals surface area contributed by atoms with Crippen LogP contribution in [-0.4, -0.2) is 32.6 Å². The Morgan fingerprint density at radius 1 is 0.571 bits per heavy atom. The predicted octanol–water partition coefficient (Wildman–Crippen LogP) is 7.37. The number of nitrogens with zero attached hydrogens (tertiary/aromatic N) is 3. The Labute approximate surface area is 282 Å². The standard InChI is InChI=1S/C24H20N2O3.C9H7NO2.C7H6O/c1-16(27)18-8-12-20(13-9-18)25-22-6-4-3-5-7-23(22)26(24(25)29)21-14-10-19(11-15-21)17(2)28;1-7(12)8-2-4-9(5-3-8)10-6-11;8-7-5-3-1-2-4-6-7/h4-15H,3H2,1-2H3;2-5H,1H3;1-6H. The number of carbonyl (C=O) groups is 3. The molecular formula is C40H33N3O6. The summed E-state index contributed by atoms with van der Waals surface area (Å²) in [5.74, 6) is -0.0426. The van der Waals surface area contributed by atoms with Gasteiger partial charge in [-0.2, -0.15) is 4.99 Å². The van der Waals surface area contributed by atoms with Gasteiger partial charge < -0.3 is 0 Å². The van der Waals surface area contributed by atoms with Crippen LogP contribution in [0.2, 0.25) is 0 Å². The van der Waals surface area contributed by atoms with Crippen LogP contribution < -0.4 is 11.1 Å². The van der Waals surface area contributed by atoms with Crippen LogP contribution in [-0.2, 0) is 4.79 Å². The normalized spacial score (nSPS) is 10.9. The van der Waals surface area contributed by atoms with E-state index in [1.807, 2.05) is 36.4 Å². The van der Waals surface area contributed by atoms with E-state index in [0.29, 0.717) is 33.8 Å². The molecule has 0 saturated heterocycles. The molecule has 9 nitrogen and oxygen atoms in total. The van der Waals surface area contributed by atoms with Crippen molar-refractivity contribution in [1.82, 2.24) is 9.13 Å². The van der Waals surface area contributed by atoms with Gasteiger partial charge in [-0.3, -0.25) is 28.3 Å². The molecule has 1 heterocycles. The number of ketones is 3. The van der Waals surface area contributed by atoms with Crippen molar-refractivity contribution in [1.29, 1.82) is 0 Å². The topological polar surface area (TPSA) is 125 Å². The summed E-state index contributed by atoms with van der Waals surface area (Å²) < 4.78 is 3.29. The first kappa shape index (κ1) is 35.3. The average molecular weight is 652 g/mol. The molecule has 0 N–H and O–H groups in total. The number of rotatable bonds is 6. The Morgan fingerprint density at radius 3 is 1.33 bits per heavy atom. The van der Waals surface area contributed by atoms with E-state index in [2.05, 4.69) is 4.99 Å². The smallest absolute Gasteiger partial charge is 0.295 e. The van der Waals surface area contributed by atoms with E-state index >= 15 is 0 Å². The molecule has 0 spiro atoms. The summed E-state index contributed by atoms with van der Waals surface area (Å²) in [5.41, 5.74) is 5.09. The lowest BCUT2D eigenvalue weighted by Crippen LogP contribution is -2.23. The fourth-order valence-corrected chi connectivity index (χ4v) is 4.79. The molecule has 0 atom stereocenters. The zero-order chi connectivity index (χ0) is 35.3. The van der Waals surface area contributed by atoms with E-state index in [4.69, 9.17) is 0 Å². The van der Waals surface area contributed by atoms with Crippen LogP contribution in [0.5, 0.6) is 0 Å². The second-order valence-electron chi connectivity index (χ2n) is 10.8. The summed E-state index contributed by atoms with van der Waals surface area (Å²) in [6, 6.07) is 30.6. The Kier molecular flexibility index (Phi) is 12.1. The Bertz CT molecular complexity index is 2060. The van der Waals surface area contributed by atoms with Crippen LogP contribution in [0.4, 0.5) is 5.69 Å². The van der Waals surface area contributed by atoms with E-state index in [-0.39, 0.29) is 28.5 Å². The summed E-state index contributed by atoms with van der Waals surface area (Å²) in [5, 5.41) is 0. The van der Waals surface area contributed by atoms with Gasteiger partial charge in [-0.15, -0.1) is 0 Å². The minimum Gasteiger partial charge on any atom is -0.295 e. The zero-order valence-corrected chi connectivity index (χ0v) is 27.2. The molecular weight excluding hydrogens is 618 g/mol. The van der Waals surface area contributed by atoms with E-state index < -0.39 is 0 Å². The van der Waals surface area contributed by atoms with E-state index in [9.17, 15) is 28.8 Å². The van der Waals surface area contributed by atoms with Crippen LogP contribution >= 0.6 is 0 Å². The zero-order valence-electron chi connectivity index (χ0n) is 27.2. The number of Topliss-reactive ketones (excluding diaryl/α,β-unsaturated/α-hetero) is 3. The van der Waals surface area contributed by atoms with Gasteiger partial charge in [0.15, 0.2) is 22.8 Å². The number of imidazole rings is 1. The van der Waals surface area contributed by atoms with Gasteiger partial charge in [-0.1, -0.05) is 36.4 Å². The predicted molar refractivity (Wildman–Crippen MR) is 191 cm³/mol. The molecule has 0 unspecified atom stereocenters. The Balaban J connectivity index is 0.000000220. The minimum absolute atomic E-state index is 0.00312. The molecule has 0 amide bonds. The first-order valence-corrected chi connectivity index (χ1v) is 15.3. The fourth-order valence-electron chi connectivity index (χ4n) is 4.79. The summed E-state index contributed by atoms with van der Waals surface area (Å²) in [4.78, 5) is 71.1. The molecule has 49 heavy (non-hydrogen) atoms. The number of allylic oxidation sites excluding steroid dienone is 2. The van der Waals surface area contributed by atoms with Crippen molar-refractivity contribution >= 4 is 41.3 Å². The molecule has 0 saturated carbocycles. The summed E-state index contributed by atoms with van der Waals surface area (Å²) in [6.45, 7) is 4.52. The van der Waals surface area contributed by atoms with Crippen molar-refractivity contribution in [3.63, 3.8) is 0 Å². The van der Waals surface area contributed by atoms with Gasteiger partial charge in [0.05, 0.1) is 28.5 Å². The molecule has 0 aliphatic heterocycles. The van der Waals surface area contributed by atoms with Crippen molar-refractivity contribution in [3.8, 4) is 11.4 Å². The number of hydrogen-bond donors (Lipinski definition) is 0. The van der Waals surface area contributed by atoms with Gasteiger partial charge in [0.25, 0.3) is 0 Å². The molecule has 1 aliphatic rings. The molecule has 0 fully saturated rings. The van der Waals surface area contributed by atoms with Crippen LogP contribution in [0.1, 0.15) is 69.7 Å². The second kappa shape index (κ2) is 16.8. The molecule has 1 aromatic heterocycles. The van der Waals surface area contributed by atoms with Crippen LogP contribution in [0.3, 0.4) is 0 Å². The highest BCUT2D eigenvalue weighted by molar-refractivity contribution is 5.95. The molecule has 0 radical (unpaired) electrons. The number of isocyanates is 1. The fraction of sp³-hybridized carbons (Fsp3) is 0.100. The molecule has 1 aliphatic carbocycles. The van der Waals surface area contributed by atoms with E-state index in [1.165, 1.54) is 39.0 Å². The van der Waals surface area contributed by atoms with Gasteiger partial charge in [0.2, 0.25) is 6.08 Å². The summed E-state index contributed by atoms with van der Waals surface area (Å²) in [6.07, 6.45) is 10.1. The lowest BCUT2D eigenvalue weighted by molar-refractivity contribution is 0.100. The largest absolute Gasteiger partial charge is 0.338 e. The Hall–Kier alpha value is -6.57. The molecule has 4 aromatic carbocycles. The molecule has 5 aromatic rings. The highest BCUT2D eigenvalue weighted by atomic mass is 16.2. The third kappa shape index (κ3) is 9.25. The van der Waals surface area contributed by atoms with E-state index in [1.54, 1.807) is 94.1 Å². The third-order valence-corrected chi connectivity index (χ3v) is 7.32. The van der Waals surface area contributed by atoms with Gasteiger partial charge in [0.1, 0.15) is 0 Å². The highest BCUT2D eigenvalue weighted by Gasteiger charge is 2.20. The lowest BCUT2D eigenvalue weighted by atomic mass is 10.1. The first-order chi connectivity index (χ1) is 23.6. The SMILES string of the molecule is CC(=O)c1ccc(-n2c3c(n(-c4ccc(C(C)=O)cc4)c2=O)C=CCC=C3)cc1.CC(=O)c1ccc(N=C=O)cc1.O=c1cccccc1. The van der Waals surface area contributed by atoms with Gasteiger partial charge in [0, 0.05) is 16.7 Å². The highest BCUT2D eigenvalue weighted by Crippen LogP contribution is 2.24. The monoisotopic (exact) mass is 651 g/mol. The quantitative estimate of drug-likeness (QED) is 0.107. The molecule has 0 bridgehead atoms. The number of benzene rings is 3.